The van der Waals surface area contributed by atoms with E-state index >= 15 is 0 Å². The maximum Gasteiger partial charge on any atom is 0.321 e. The Hall–Kier alpha value is -1.59. The van der Waals surface area contributed by atoms with Crippen LogP contribution in [0.4, 0.5) is 4.79 Å². The molecular weight excluding hydrogens is 236 g/mol. The molecule has 0 unspecified atom stereocenters. The summed E-state index contributed by atoms with van der Waals surface area (Å²) in [5, 5.41) is 4.72. The van der Waals surface area contributed by atoms with Gasteiger partial charge in [0.2, 0.25) is 0 Å². The van der Waals surface area contributed by atoms with E-state index in [1.54, 1.807) is 20.8 Å². The third-order valence-electron chi connectivity index (χ3n) is 2.30. The van der Waals surface area contributed by atoms with Crippen molar-refractivity contribution in [2.45, 2.75) is 52.2 Å². The van der Waals surface area contributed by atoms with Crippen molar-refractivity contribution >= 4 is 17.9 Å². The topological polar surface area (TPSA) is 84.5 Å². The van der Waals surface area contributed by atoms with Gasteiger partial charge in [0, 0.05) is 5.54 Å². The van der Waals surface area contributed by atoms with E-state index in [0.29, 0.717) is 0 Å². The van der Waals surface area contributed by atoms with Crippen molar-refractivity contribution in [2.75, 3.05) is 0 Å². The van der Waals surface area contributed by atoms with E-state index in [2.05, 4.69) is 10.6 Å². The molecule has 6 heteroatoms. The first-order chi connectivity index (χ1) is 8.19. The fraction of sp³-hybridized carbons (Fsp3) is 0.750. The van der Waals surface area contributed by atoms with Crippen LogP contribution in [-0.4, -0.2) is 29.6 Å². The molecule has 1 saturated carbocycles. The van der Waals surface area contributed by atoms with Crippen LogP contribution in [0, 0.1) is 5.92 Å². The van der Waals surface area contributed by atoms with Crippen molar-refractivity contribution in [3.63, 3.8) is 0 Å². The van der Waals surface area contributed by atoms with Crippen LogP contribution in [-0.2, 0) is 14.3 Å². The molecule has 0 bridgehead atoms. The maximum absolute atomic E-state index is 11.6. The highest BCUT2D eigenvalue weighted by Crippen LogP contribution is 2.30. The summed E-state index contributed by atoms with van der Waals surface area (Å²) in [6.07, 6.45) is 0.679. The van der Waals surface area contributed by atoms with Gasteiger partial charge >= 0.3 is 12.0 Å². The zero-order valence-corrected chi connectivity index (χ0v) is 11.2. The summed E-state index contributed by atoms with van der Waals surface area (Å²) in [5.41, 5.74) is -0.432. The van der Waals surface area contributed by atoms with E-state index in [-0.39, 0.29) is 11.9 Å². The van der Waals surface area contributed by atoms with Crippen LogP contribution in [0.25, 0.3) is 0 Å². The Bertz CT molecular complexity index is 356. The number of nitrogens with one attached hydrogen (secondary N) is 2. The summed E-state index contributed by atoms with van der Waals surface area (Å²) in [4.78, 5) is 34.3. The minimum atomic E-state index is -0.955. The lowest BCUT2D eigenvalue weighted by atomic mass is 10.1. The van der Waals surface area contributed by atoms with Crippen molar-refractivity contribution in [3.8, 4) is 0 Å². The van der Waals surface area contributed by atoms with Crippen LogP contribution in [0.2, 0.25) is 0 Å². The molecule has 0 aromatic carbocycles. The normalized spacial score (nSPS) is 16.7. The lowest BCUT2D eigenvalue weighted by molar-refractivity contribution is -0.155. The maximum atomic E-state index is 11.6. The second-order valence-corrected chi connectivity index (χ2v) is 5.55. The number of carbonyl (C=O) groups is 3. The van der Waals surface area contributed by atoms with E-state index in [9.17, 15) is 14.4 Å². The van der Waals surface area contributed by atoms with Crippen LogP contribution >= 0.6 is 0 Å². The molecule has 0 aliphatic heterocycles. The smallest absolute Gasteiger partial charge is 0.321 e. The van der Waals surface area contributed by atoms with Gasteiger partial charge < -0.3 is 10.1 Å². The van der Waals surface area contributed by atoms with Crippen LogP contribution in [0.1, 0.15) is 40.5 Å². The summed E-state index contributed by atoms with van der Waals surface area (Å²) in [5.74, 6) is -1.05. The monoisotopic (exact) mass is 256 g/mol. The van der Waals surface area contributed by atoms with Crippen LogP contribution < -0.4 is 10.6 Å². The van der Waals surface area contributed by atoms with Crippen LogP contribution in [0.3, 0.4) is 0 Å². The van der Waals surface area contributed by atoms with Gasteiger partial charge in [-0.25, -0.2) is 4.79 Å². The molecule has 0 heterocycles. The zero-order chi connectivity index (χ0) is 13.9. The molecule has 102 valence electrons. The summed E-state index contributed by atoms with van der Waals surface area (Å²) < 4.78 is 4.94. The standard InChI is InChI=1S/C12H20N2O4/c1-7(18-10(16)8-5-6-8)9(15)13-11(17)14-12(2,3)4/h7-8H,5-6H2,1-4H3,(H2,13,14,15,17)/t7-/m1/s1. The first kappa shape index (κ1) is 14.5. The molecule has 0 radical (unpaired) electrons. The van der Waals surface area contributed by atoms with Crippen molar-refractivity contribution in [2.24, 2.45) is 5.92 Å². The summed E-state index contributed by atoms with van der Waals surface area (Å²) >= 11 is 0. The highest BCUT2D eigenvalue weighted by Gasteiger charge is 2.33. The fourth-order valence-corrected chi connectivity index (χ4v) is 1.23. The molecule has 6 nitrogen and oxygen atoms in total. The Balaban J connectivity index is 2.34. The average molecular weight is 256 g/mol. The molecule has 0 aromatic heterocycles. The quantitative estimate of drug-likeness (QED) is 0.736. The van der Waals surface area contributed by atoms with Crippen molar-refractivity contribution in [1.29, 1.82) is 0 Å². The zero-order valence-electron chi connectivity index (χ0n) is 11.2. The number of rotatable bonds is 3. The number of urea groups is 1. The number of amides is 3. The van der Waals surface area contributed by atoms with Crippen LogP contribution in [0.5, 0.6) is 0 Å². The molecule has 18 heavy (non-hydrogen) atoms. The van der Waals surface area contributed by atoms with Gasteiger partial charge in [-0.05, 0) is 40.5 Å². The Morgan fingerprint density at radius 2 is 1.78 bits per heavy atom. The molecule has 0 saturated heterocycles. The van der Waals surface area contributed by atoms with Crippen molar-refractivity contribution in [1.82, 2.24) is 10.6 Å². The minimum Gasteiger partial charge on any atom is -0.452 e. The van der Waals surface area contributed by atoms with E-state index in [0.717, 1.165) is 12.8 Å². The second kappa shape index (κ2) is 5.37. The van der Waals surface area contributed by atoms with E-state index in [4.69, 9.17) is 4.74 Å². The summed E-state index contributed by atoms with van der Waals surface area (Å²) in [6, 6.07) is -0.596. The van der Waals surface area contributed by atoms with Gasteiger partial charge in [0.25, 0.3) is 5.91 Å². The van der Waals surface area contributed by atoms with Gasteiger partial charge in [-0.2, -0.15) is 0 Å². The first-order valence-electron chi connectivity index (χ1n) is 6.02. The lowest BCUT2D eigenvalue weighted by Crippen LogP contribution is -2.50. The summed E-state index contributed by atoms with van der Waals surface area (Å²) in [7, 11) is 0. The van der Waals surface area contributed by atoms with Gasteiger partial charge in [0.05, 0.1) is 5.92 Å². The number of hydrogen-bond acceptors (Lipinski definition) is 4. The van der Waals surface area contributed by atoms with Gasteiger partial charge in [-0.15, -0.1) is 0 Å². The van der Waals surface area contributed by atoms with Gasteiger partial charge in [0.15, 0.2) is 6.10 Å². The molecule has 1 aliphatic rings. The average Bonchev–Trinajstić information content (AvgIpc) is 2.96. The molecule has 3 amide bonds. The molecule has 1 atom stereocenters. The van der Waals surface area contributed by atoms with Gasteiger partial charge in [-0.3, -0.25) is 14.9 Å². The SMILES string of the molecule is C[C@@H](OC(=O)C1CC1)C(=O)NC(=O)NC(C)(C)C. The Labute approximate surface area is 106 Å². The van der Waals surface area contributed by atoms with E-state index in [1.807, 2.05) is 0 Å². The molecule has 1 fully saturated rings. The Morgan fingerprint density at radius 1 is 1.22 bits per heavy atom. The number of ether oxygens (including phenoxy) is 1. The third-order valence-corrected chi connectivity index (χ3v) is 2.30. The fourth-order valence-electron chi connectivity index (χ4n) is 1.23. The van der Waals surface area contributed by atoms with Crippen molar-refractivity contribution in [3.05, 3.63) is 0 Å². The molecule has 1 aliphatic carbocycles. The first-order valence-corrected chi connectivity index (χ1v) is 6.02. The van der Waals surface area contributed by atoms with Gasteiger partial charge in [-0.1, -0.05) is 0 Å². The predicted octanol–water partition coefficient (Wildman–Crippen LogP) is 0.952. The third kappa shape index (κ3) is 5.16. The van der Waals surface area contributed by atoms with E-state index in [1.165, 1.54) is 6.92 Å². The van der Waals surface area contributed by atoms with Crippen molar-refractivity contribution < 1.29 is 19.1 Å². The highest BCUT2D eigenvalue weighted by atomic mass is 16.5. The van der Waals surface area contributed by atoms with Gasteiger partial charge in [0.1, 0.15) is 0 Å². The number of hydrogen-bond donors (Lipinski definition) is 2. The highest BCUT2D eigenvalue weighted by molar-refractivity contribution is 5.97. The molecule has 2 N–H and O–H groups in total. The molecule has 0 aromatic rings. The summed E-state index contributed by atoms with van der Waals surface area (Å²) in [6.45, 7) is 6.84. The van der Waals surface area contributed by atoms with E-state index < -0.39 is 23.6 Å². The number of carbonyl (C=O) groups excluding carboxylic acids is 3. The van der Waals surface area contributed by atoms with Crippen LogP contribution in [0.15, 0.2) is 0 Å². The minimum absolute atomic E-state index is 0.0661. The Morgan fingerprint density at radius 3 is 2.22 bits per heavy atom. The molecule has 1 rings (SSSR count). The number of esters is 1. The lowest BCUT2D eigenvalue weighted by Gasteiger charge is -2.21. The predicted molar refractivity (Wildman–Crippen MR) is 64.7 cm³/mol. The number of imide groups is 1. The second-order valence-electron chi connectivity index (χ2n) is 5.55. The molecular formula is C12H20N2O4. The largest absolute Gasteiger partial charge is 0.452 e. The Kier molecular flexibility index (Phi) is 4.32. The molecule has 0 spiro atoms.